The Morgan fingerprint density at radius 3 is 1.60 bits per heavy atom. The molecule has 2 amide bonds. The number of aliphatic hydroxyl groups excluding tert-OH is 2. The van der Waals surface area contributed by atoms with E-state index in [-0.39, 0.29) is 38.1 Å². The Kier molecular flexibility index (Phi) is 2.96. The molecular formula is C12H12N4O4. The van der Waals surface area contributed by atoms with Crippen molar-refractivity contribution >= 4 is 11.8 Å². The highest BCUT2D eigenvalue weighted by atomic mass is 16.3. The van der Waals surface area contributed by atoms with E-state index in [1.54, 1.807) is 0 Å². The zero-order valence-corrected chi connectivity index (χ0v) is 10.5. The first-order valence-electron chi connectivity index (χ1n) is 6.12. The molecule has 2 aliphatic heterocycles. The molecule has 0 unspecified atom stereocenters. The molecule has 0 saturated heterocycles. The number of benzene rings is 1. The van der Waals surface area contributed by atoms with Gasteiger partial charge in [0.2, 0.25) is 0 Å². The number of amides is 2. The third-order valence-electron chi connectivity index (χ3n) is 3.12. The summed E-state index contributed by atoms with van der Waals surface area (Å²) < 4.78 is 0. The number of hydrogen-bond donors (Lipinski definition) is 2. The van der Waals surface area contributed by atoms with E-state index in [0.717, 1.165) is 10.0 Å². The number of nitrogens with zero attached hydrogens (tertiary/aromatic N) is 4. The quantitative estimate of drug-likeness (QED) is 0.642. The largest absolute Gasteiger partial charge is 0.394 e. The van der Waals surface area contributed by atoms with Crippen molar-refractivity contribution in [3.05, 3.63) is 34.0 Å². The van der Waals surface area contributed by atoms with E-state index in [4.69, 9.17) is 10.2 Å². The third kappa shape index (κ3) is 1.77. The minimum Gasteiger partial charge on any atom is -0.394 e. The molecule has 0 spiro atoms. The fourth-order valence-electron chi connectivity index (χ4n) is 2.21. The first-order chi connectivity index (χ1) is 9.65. The summed E-state index contributed by atoms with van der Waals surface area (Å²) in [7, 11) is 0. The molecular weight excluding hydrogens is 264 g/mol. The zero-order chi connectivity index (χ0) is 14.3. The van der Waals surface area contributed by atoms with Crippen LogP contribution in [0.4, 0.5) is 0 Å². The van der Waals surface area contributed by atoms with Gasteiger partial charge in [0.05, 0.1) is 48.1 Å². The molecule has 2 heterocycles. The van der Waals surface area contributed by atoms with E-state index < -0.39 is 0 Å². The van der Waals surface area contributed by atoms with Crippen molar-refractivity contribution in [1.29, 1.82) is 0 Å². The molecule has 104 valence electrons. The van der Waals surface area contributed by atoms with E-state index in [9.17, 15) is 9.59 Å². The summed E-state index contributed by atoms with van der Waals surface area (Å²) in [6, 6.07) is 3.03. The molecule has 2 aliphatic rings. The lowest BCUT2D eigenvalue weighted by Crippen LogP contribution is -2.26. The molecule has 8 heteroatoms. The number of carbonyl (C=O) groups is 2. The van der Waals surface area contributed by atoms with Gasteiger partial charge in [-0.2, -0.15) is 10.2 Å². The van der Waals surface area contributed by atoms with Gasteiger partial charge in [-0.15, -0.1) is 0 Å². The summed E-state index contributed by atoms with van der Waals surface area (Å²) in [5.41, 5.74) is 0.721. The molecule has 3 rings (SSSR count). The van der Waals surface area contributed by atoms with Crippen molar-refractivity contribution in [2.75, 3.05) is 26.3 Å². The van der Waals surface area contributed by atoms with Gasteiger partial charge in [-0.05, 0) is 12.1 Å². The minimum atomic E-state index is -0.319. The van der Waals surface area contributed by atoms with Gasteiger partial charge in [0.15, 0.2) is 0 Å². The van der Waals surface area contributed by atoms with Crippen molar-refractivity contribution in [2.24, 2.45) is 10.2 Å². The maximum atomic E-state index is 12.0. The van der Waals surface area contributed by atoms with Crippen molar-refractivity contribution in [3.63, 3.8) is 0 Å². The fourth-order valence-corrected chi connectivity index (χ4v) is 2.21. The molecule has 20 heavy (non-hydrogen) atoms. The van der Waals surface area contributed by atoms with E-state index in [2.05, 4.69) is 10.2 Å². The number of β-amino-alcohol motifs (C(OH)–C–C–N with tert-alkyl or cyclic N) is 2. The Hall–Kier alpha value is -2.32. The van der Waals surface area contributed by atoms with Crippen LogP contribution in [0, 0.1) is 0 Å². The molecule has 0 aliphatic carbocycles. The Morgan fingerprint density at radius 2 is 1.25 bits per heavy atom. The van der Waals surface area contributed by atoms with Gasteiger partial charge in [0, 0.05) is 0 Å². The Labute approximate surface area is 113 Å². The smallest absolute Gasteiger partial charge is 0.276 e. The van der Waals surface area contributed by atoms with Crippen LogP contribution in [0.2, 0.25) is 0 Å². The second-order valence-electron chi connectivity index (χ2n) is 4.39. The molecule has 0 aromatic heterocycles. The van der Waals surface area contributed by atoms with Gasteiger partial charge < -0.3 is 10.2 Å². The SMILES string of the molecule is O=C1c2cc3c(cc2=NN1CCO)C(=O)N(CCO)N=3. The average molecular weight is 276 g/mol. The molecule has 0 radical (unpaired) electrons. The first-order valence-corrected chi connectivity index (χ1v) is 6.12. The molecule has 1 aromatic rings. The van der Waals surface area contributed by atoms with Crippen molar-refractivity contribution in [2.45, 2.75) is 0 Å². The predicted octanol–water partition coefficient (Wildman–Crippen LogP) is -2.35. The number of aliphatic hydroxyl groups is 2. The average Bonchev–Trinajstić information content (AvgIpc) is 2.89. The van der Waals surface area contributed by atoms with E-state index in [1.807, 2.05) is 0 Å². The predicted molar refractivity (Wildman–Crippen MR) is 65.0 cm³/mol. The highest BCUT2D eigenvalue weighted by molar-refractivity contribution is 5.99. The summed E-state index contributed by atoms with van der Waals surface area (Å²) in [4.78, 5) is 24.0. The summed E-state index contributed by atoms with van der Waals surface area (Å²) >= 11 is 0. The molecule has 0 saturated carbocycles. The van der Waals surface area contributed by atoms with E-state index >= 15 is 0 Å². The lowest BCUT2D eigenvalue weighted by Gasteiger charge is -2.08. The second-order valence-corrected chi connectivity index (χ2v) is 4.39. The monoisotopic (exact) mass is 276 g/mol. The lowest BCUT2D eigenvalue weighted by atomic mass is 10.1. The van der Waals surface area contributed by atoms with Crippen LogP contribution in [-0.4, -0.2) is 58.3 Å². The van der Waals surface area contributed by atoms with E-state index in [1.165, 1.54) is 12.1 Å². The summed E-state index contributed by atoms with van der Waals surface area (Å²) in [5, 5.41) is 29.0. The van der Waals surface area contributed by atoms with Crippen LogP contribution in [-0.2, 0) is 0 Å². The summed E-state index contributed by atoms with van der Waals surface area (Å²) in [5.74, 6) is -0.639. The summed E-state index contributed by atoms with van der Waals surface area (Å²) in [6.45, 7) is -0.146. The van der Waals surface area contributed by atoms with Gasteiger partial charge in [0.1, 0.15) is 0 Å². The third-order valence-corrected chi connectivity index (χ3v) is 3.12. The van der Waals surface area contributed by atoms with Crippen LogP contribution in [0.25, 0.3) is 0 Å². The maximum absolute atomic E-state index is 12.0. The van der Waals surface area contributed by atoms with Crippen LogP contribution in [0.1, 0.15) is 20.7 Å². The highest BCUT2D eigenvalue weighted by Crippen LogP contribution is 2.10. The Morgan fingerprint density at radius 1 is 0.850 bits per heavy atom. The molecule has 1 aromatic carbocycles. The lowest BCUT2D eigenvalue weighted by molar-refractivity contribution is 0.0743. The van der Waals surface area contributed by atoms with Crippen LogP contribution in [0.15, 0.2) is 22.3 Å². The minimum absolute atomic E-state index is 0.111. The second kappa shape index (κ2) is 4.66. The van der Waals surface area contributed by atoms with E-state index in [0.29, 0.717) is 21.8 Å². The van der Waals surface area contributed by atoms with Gasteiger partial charge in [0.25, 0.3) is 11.8 Å². The molecule has 2 N–H and O–H groups in total. The first kappa shape index (κ1) is 12.7. The Bertz CT molecular complexity index is 653. The molecule has 0 bridgehead atoms. The standard InChI is InChI=1S/C12H12N4O4/c17-3-1-15-11(19)7-5-10-8(6-9(7)13-15)12(20)16(14-10)2-4-18/h5-6,17-18H,1-4H2. The number of fused-ring (bicyclic) bond motifs is 2. The number of hydrogen-bond acceptors (Lipinski definition) is 6. The van der Waals surface area contributed by atoms with Gasteiger partial charge >= 0.3 is 0 Å². The van der Waals surface area contributed by atoms with Crippen molar-refractivity contribution in [3.8, 4) is 0 Å². The number of carbonyl (C=O) groups excluding carboxylic acids is 2. The molecule has 0 fully saturated rings. The Balaban J connectivity index is 2.05. The zero-order valence-electron chi connectivity index (χ0n) is 10.5. The van der Waals surface area contributed by atoms with Crippen LogP contribution in [0.3, 0.4) is 0 Å². The van der Waals surface area contributed by atoms with Crippen LogP contribution >= 0.6 is 0 Å². The van der Waals surface area contributed by atoms with Gasteiger partial charge in [-0.25, -0.2) is 10.0 Å². The molecule has 8 nitrogen and oxygen atoms in total. The molecule has 0 atom stereocenters. The topological polar surface area (TPSA) is 106 Å². The van der Waals surface area contributed by atoms with Crippen molar-refractivity contribution in [1.82, 2.24) is 10.0 Å². The van der Waals surface area contributed by atoms with Crippen LogP contribution in [0.5, 0.6) is 0 Å². The van der Waals surface area contributed by atoms with Crippen LogP contribution < -0.4 is 10.7 Å². The fraction of sp³-hybridized carbons (Fsp3) is 0.333. The number of rotatable bonds is 4. The van der Waals surface area contributed by atoms with Crippen molar-refractivity contribution < 1.29 is 19.8 Å². The van der Waals surface area contributed by atoms with Gasteiger partial charge in [-0.3, -0.25) is 9.59 Å². The normalized spacial score (nSPS) is 16.1. The highest BCUT2D eigenvalue weighted by Gasteiger charge is 2.29. The van der Waals surface area contributed by atoms with Gasteiger partial charge in [-0.1, -0.05) is 0 Å². The maximum Gasteiger partial charge on any atom is 0.276 e. The summed E-state index contributed by atoms with van der Waals surface area (Å²) in [6.07, 6.45) is 0.